The molecule has 0 unspecified atom stereocenters. The van der Waals surface area contributed by atoms with Crippen LogP contribution in [0.1, 0.15) is 12.8 Å². The average Bonchev–Trinajstić information content (AvgIpc) is 3.34. The Balaban J connectivity index is 1.83. The monoisotopic (exact) mass is 293 g/mol. The second-order valence-electron chi connectivity index (χ2n) is 4.98. The molecule has 2 rings (SSSR count). The lowest BCUT2D eigenvalue weighted by Crippen LogP contribution is -2.36. The highest BCUT2D eigenvalue weighted by molar-refractivity contribution is 5.78. The highest BCUT2D eigenvalue weighted by Crippen LogP contribution is 2.27. The summed E-state index contributed by atoms with van der Waals surface area (Å²) in [5.74, 6) is 2.65. The fraction of sp³-hybridized carbons (Fsp3) is 0.533. The van der Waals surface area contributed by atoms with Gasteiger partial charge in [-0.15, -0.1) is 0 Å². The van der Waals surface area contributed by atoms with Gasteiger partial charge >= 0.3 is 0 Å². The van der Waals surface area contributed by atoms with Gasteiger partial charge in [-0.25, -0.2) is 4.99 Å². The van der Waals surface area contributed by atoms with Crippen molar-refractivity contribution >= 4 is 5.96 Å². The summed E-state index contributed by atoms with van der Waals surface area (Å²) in [6, 6.07) is 5.99. The lowest BCUT2D eigenvalue weighted by atomic mass is 10.3. The van der Waals surface area contributed by atoms with Crippen molar-refractivity contribution in [3.63, 3.8) is 0 Å². The number of guanidine groups is 1. The van der Waals surface area contributed by atoms with Crippen LogP contribution in [0.2, 0.25) is 0 Å². The number of ether oxygens (including phenoxy) is 3. The number of hydrogen-bond donors (Lipinski definition) is 1. The average molecular weight is 293 g/mol. The molecule has 0 aromatic heterocycles. The van der Waals surface area contributed by atoms with E-state index < -0.39 is 0 Å². The van der Waals surface area contributed by atoms with Crippen LogP contribution < -0.4 is 19.9 Å². The first-order valence-electron chi connectivity index (χ1n) is 7.02. The van der Waals surface area contributed by atoms with Crippen LogP contribution in [-0.4, -0.2) is 51.3 Å². The van der Waals surface area contributed by atoms with Crippen LogP contribution in [0.4, 0.5) is 0 Å². The standard InChI is InChI=1S/C15H23N3O3/c1-18(11-4-5-11)15(16)17-6-7-21-14-9-12(19-2)8-13(10-14)20-3/h8-11H,4-7H2,1-3H3,(H2,16,17). The maximum atomic E-state index is 5.91. The van der Waals surface area contributed by atoms with Crippen LogP contribution in [0.5, 0.6) is 17.2 Å². The summed E-state index contributed by atoms with van der Waals surface area (Å²) in [6.07, 6.45) is 2.40. The molecule has 1 saturated carbocycles. The summed E-state index contributed by atoms with van der Waals surface area (Å²) >= 11 is 0. The molecule has 6 nitrogen and oxygen atoms in total. The molecule has 0 spiro atoms. The summed E-state index contributed by atoms with van der Waals surface area (Å²) in [4.78, 5) is 6.34. The third-order valence-corrected chi connectivity index (χ3v) is 3.41. The molecule has 0 radical (unpaired) electrons. The zero-order chi connectivity index (χ0) is 15.2. The smallest absolute Gasteiger partial charge is 0.191 e. The SMILES string of the molecule is COc1cc(OC)cc(OCCN=C(N)N(C)C2CC2)c1. The second kappa shape index (κ2) is 7.06. The second-order valence-corrected chi connectivity index (χ2v) is 4.98. The minimum atomic E-state index is 0.454. The normalized spacial score (nSPS) is 14.7. The first kappa shape index (κ1) is 15.3. The first-order valence-corrected chi connectivity index (χ1v) is 7.02. The molecule has 6 heteroatoms. The Labute approximate surface area is 125 Å². The van der Waals surface area contributed by atoms with Gasteiger partial charge in [0.1, 0.15) is 23.9 Å². The Morgan fingerprint density at radius 3 is 2.29 bits per heavy atom. The molecular weight excluding hydrogens is 270 g/mol. The molecule has 1 fully saturated rings. The Hall–Kier alpha value is -2.11. The number of nitrogens with two attached hydrogens (primary N) is 1. The molecule has 0 bridgehead atoms. The van der Waals surface area contributed by atoms with Crippen LogP contribution in [0.3, 0.4) is 0 Å². The number of benzene rings is 1. The van der Waals surface area contributed by atoms with E-state index in [2.05, 4.69) is 4.99 Å². The molecule has 1 aliphatic rings. The molecule has 2 N–H and O–H groups in total. The molecule has 21 heavy (non-hydrogen) atoms. The number of rotatable bonds is 7. The van der Waals surface area contributed by atoms with E-state index in [9.17, 15) is 0 Å². The zero-order valence-electron chi connectivity index (χ0n) is 12.8. The minimum absolute atomic E-state index is 0.454. The summed E-state index contributed by atoms with van der Waals surface area (Å²) in [6.45, 7) is 0.970. The van der Waals surface area contributed by atoms with Gasteiger partial charge in [-0.1, -0.05) is 0 Å². The third kappa shape index (κ3) is 4.44. The van der Waals surface area contributed by atoms with Crippen molar-refractivity contribution in [3.05, 3.63) is 18.2 Å². The van der Waals surface area contributed by atoms with E-state index >= 15 is 0 Å². The molecule has 0 atom stereocenters. The van der Waals surface area contributed by atoms with Crippen molar-refractivity contribution in [2.24, 2.45) is 10.7 Å². The van der Waals surface area contributed by atoms with Gasteiger partial charge < -0.3 is 24.8 Å². The van der Waals surface area contributed by atoms with Crippen molar-refractivity contribution in [3.8, 4) is 17.2 Å². The van der Waals surface area contributed by atoms with Gasteiger partial charge in [0.15, 0.2) is 5.96 Å². The van der Waals surface area contributed by atoms with Crippen LogP contribution in [0.15, 0.2) is 23.2 Å². The van der Waals surface area contributed by atoms with E-state index in [0.29, 0.717) is 42.4 Å². The summed E-state index contributed by atoms with van der Waals surface area (Å²) in [7, 11) is 5.19. The van der Waals surface area contributed by atoms with E-state index in [1.807, 2.05) is 24.1 Å². The van der Waals surface area contributed by atoms with Crippen molar-refractivity contribution in [1.82, 2.24) is 4.90 Å². The van der Waals surface area contributed by atoms with Crippen LogP contribution in [0, 0.1) is 0 Å². The lowest BCUT2D eigenvalue weighted by Gasteiger charge is -2.16. The largest absolute Gasteiger partial charge is 0.496 e. The van der Waals surface area contributed by atoms with Gasteiger partial charge in [0.05, 0.1) is 20.8 Å². The maximum absolute atomic E-state index is 5.91. The van der Waals surface area contributed by atoms with E-state index in [0.717, 1.165) is 0 Å². The summed E-state index contributed by atoms with van der Waals surface area (Å²) < 4.78 is 16.0. The molecular formula is C15H23N3O3. The number of hydrogen-bond acceptors (Lipinski definition) is 4. The molecule has 0 amide bonds. The Morgan fingerprint density at radius 1 is 1.19 bits per heavy atom. The van der Waals surface area contributed by atoms with Gasteiger partial charge in [0.2, 0.25) is 0 Å². The Kier molecular flexibility index (Phi) is 5.14. The molecule has 0 saturated heterocycles. The predicted molar refractivity (Wildman–Crippen MR) is 82.3 cm³/mol. The number of aliphatic imine (C=N–C) groups is 1. The van der Waals surface area contributed by atoms with Gasteiger partial charge in [-0.05, 0) is 12.8 Å². The van der Waals surface area contributed by atoms with E-state index in [4.69, 9.17) is 19.9 Å². The van der Waals surface area contributed by atoms with Gasteiger partial charge in [-0.3, -0.25) is 0 Å². The fourth-order valence-corrected chi connectivity index (χ4v) is 1.95. The van der Waals surface area contributed by atoms with Crippen molar-refractivity contribution in [2.75, 3.05) is 34.4 Å². The van der Waals surface area contributed by atoms with Gasteiger partial charge in [-0.2, -0.15) is 0 Å². The lowest BCUT2D eigenvalue weighted by molar-refractivity contribution is 0.320. The molecule has 0 heterocycles. The van der Waals surface area contributed by atoms with Crippen molar-refractivity contribution < 1.29 is 14.2 Å². The first-order chi connectivity index (χ1) is 10.1. The molecule has 1 aromatic carbocycles. The molecule has 0 aliphatic heterocycles. The minimum Gasteiger partial charge on any atom is -0.496 e. The van der Waals surface area contributed by atoms with E-state index in [1.165, 1.54) is 12.8 Å². The van der Waals surface area contributed by atoms with Gasteiger partial charge in [0, 0.05) is 31.3 Å². The topological polar surface area (TPSA) is 69.3 Å². The number of nitrogens with zero attached hydrogens (tertiary/aromatic N) is 2. The maximum Gasteiger partial charge on any atom is 0.191 e. The Bertz CT molecular complexity index is 479. The fourth-order valence-electron chi connectivity index (χ4n) is 1.95. The van der Waals surface area contributed by atoms with Crippen molar-refractivity contribution in [1.29, 1.82) is 0 Å². The quantitative estimate of drug-likeness (QED) is 0.468. The molecule has 116 valence electrons. The molecule has 1 aliphatic carbocycles. The van der Waals surface area contributed by atoms with Gasteiger partial charge in [0.25, 0.3) is 0 Å². The summed E-state index contributed by atoms with van der Waals surface area (Å²) in [5.41, 5.74) is 5.91. The van der Waals surface area contributed by atoms with E-state index in [-0.39, 0.29) is 0 Å². The molecule has 1 aromatic rings. The van der Waals surface area contributed by atoms with E-state index in [1.54, 1.807) is 20.3 Å². The highest BCUT2D eigenvalue weighted by Gasteiger charge is 2.27. The summed E-state index contributed by atoms with van der Waals surface area (Å²) in [5, 5.41) is 0. The van der Waals surface area contributed by atoms with Crippen LogP contribution in [0.25, 0.3) is 0 Å². The van der Waals surface area contributed by atoms with Crippen LogP contribution in [-0.2, 0) is 0 Å². The van der Waals surface area contributed by atoms with Crippen LogP contribution >= 0.6 is 0 Å². The van der Waals surface area contributed by atoms with Crippen molar-refractivity contribution in [2.45, 2.75) is 18.9 Å². The highest BCUT2D eigenvalue weighted by atomic mass is 16.5. The predicted octanol–water partition coefficient (Wildman–Crippen LogP) is 1.49. The Morgan fingerprint density at radius 2 is 1.76 bits per heavy atom. The number of methoxy groups -OCH3 is 2. The zero-order valence-corrected chi connectivity index (χ0v) is 12.8. The third-order valence-electron chi connectivity index (χ3n) is 3.41.